The fraction of sp³-hybridized carbons (Fsp3) is 0.500. The van der Waals surface area contributed by atoms with Gasteiger partial charge in [-0.3, -0.25) is 4.99 Å². The van der Waals surface area contributed by atoms with Crippen molar-refractivity contribution in [3.8, 4) is 0 Å². The van der Waals surface area contributed by atoms with Gasteiger partial charge in [0.25, 0.3) is 0 Å². The molecular weight excluding hydrogens is 258 g/mol. The third kappa shape index (κ3) is 3.14. The smallest absolute Gasteiger partial charge is 0.194 e. The highest BCUT2D eigenvalue weighted by Gasteiger charge is 2.10. The first-order valence-electron chi connectivity index (χ1n) is 6.27. The van der Waals surface area contributed by atoms with Crippen LogP contribution in [0.3, 0.4) is 0 Å². The molecule has 0 saturated heterocycles. The lowest BCUT2D eigenvalue weighted by Crippen LogP contribution is -2.38. The summed E-state index contributed by atoms with van der Waals surface area (Å²) in [6.45, 7) is 3.10. The van der Waals surface area contributed by atoms with E-state index in [9.17, 15) is 0 Å². The molecule has 0 fully saturated rings. The van der Waals surface area contributed by atoms with Crippen molar-refractivity contribution in [1.29, 1.82) is 0 Å². The number of guanidine groups is 1. The molecule has 8 heteroatoms. The molecule has 2 rings (SSSR count). The summed E-state index contributed by atoms with van der Waals surface area (Å²) < 4.78 is 6.76. The third-order valence-corrected chi connectivity index (χ3v) is 3.05. The van der Waals surface area contributed by atoms with E-state index in [1.54, 1.807) is 13.3 Å². The third-order valence-electron chi connectivity index (χ3n) is 3.05. The summed E-state index contributed by atoms with van der Waals surface area (Å²) >= 11 is 0. The first-order valence-corrected chi connectivity index (χ1v) is 6.27. The zero-order valence-corrected chi connectivity index (χ0v) is 12.2. The van der Waals surface area contributed by atoms with Gasteiger partial charge in [-0.15, -0.1) is 10.2 Å². The molecule has 0 spiro atoms. The average Bonchev–Trinajstić information content (AvgIpc) is 3.04. The van der Waals surface area contributed by atoms with Crippen LogP contribution in [-0.4, -0.2) is 44.9 Å². The maximum absolute atomic E-state index is 4.82. The van der Waals surface area contributed by atoms with E-state index in [2.05, 4.69) is 25.7 Å². The highest BCUT2D eigenvalue weighted by molar-refractivity contribution is 5.79. The van der Waals surface area contributed by atoms with Crippen LogP contribution in [0.25, 0.3) is 0 Å². The van der Waals surface area contributed by atoms with Crippen LogP contribution in [-0.2, 0) is 20.1 Å². The summed E-state index contributed by atoms with van der Waals surface area (Å²) in [4.78, 5) is 6.20. The van der Waals surface area contributed by atoms with E-state index in [0.29, 0.717) is 13.1 Å². The minimum absolute atomic E-state index is 0.563. The van der Waals surface area contributed by atoms with E-state index in [1.807, 2.05) is 36.6 Å². The van der Waals surface area contributed by atoms with Crippen LogP contribution in [0.2, 0.25) is 0 Å². The number of hydrogen-bond acceptors (Lipinski definition) is 5. The Kier molecular flexibility index (Phi) is 4.34. The van der Waals surface area contributed by atoms with Crippen LogP contribution in [0.1, 0.15) is 17.3 Å². The first kappa shape index (κ1) is 14.0. The normalized spacial score (nSPS) is 11.7. The van der Waals surface area contributed by atoms with Crippen LogP contribution < -0.4 is 5.32 Å². The number of nitrogens with one attached hydrogen (secondary N) is 1. The lowest BCUT2D eigenvalue weighted by atomic mass is 10.4. The molecule has 2 heterocycles. The van der Waals surface area contributed by atoms with Crippen LogP contribution in [0.5, 0.6) is 0 Å². The topological polar surface area (TPSA) is 84.4 Å². The average molecular weight is 277 g/mol. The lowest BCUT2D eigenvalue weighted by molar-refractivity contribution is 0.391. The van der Waals surface area contributed by atoms with Crippen molar-refractivity contribution in [1.82, 2.24) is 30.1 Å². The highest BCUT2D eigenvalue weighted by Crippen LogP contribution is 2.01. The second-order valence-electron chi connectivity index (χ2n) is 4.47. The molecule has 0 aromatic carbocycles. The van der Waals surface area contributed by atoms with E-state index in [0.717, 1.165) is 23.3 Å². The van der Waals surface area contributed by atoms with Crippen LogP contribution in [0, 0.1) is 6.92 Å². The predicted molar refractivity (Wildman–Crippen MR) is 73.9 cm³/mol. The maximum atomic E-state index is 4.82. The van der Waals surface area contributed by atoms with Crippen LogP contribution in [0.4, 0.5) is 0 Å². The molecule has 0 aliphatic carbocycles. The second-order valence-corrected chi connectivity index (χ2v) is 4.47. The molecule has 0 radical (unpaired) electrons. The largest absolute Gasteiger partial charge is 0.364 e. The molecule has 0 aliphatic heterocycles. The van der Waals surface area contributed by atoms with Crippen molar-refractivity contribution in [2.24, 2.45) is 12.0 Å². The zero-order valence-electron chi connectivity index (χ0n) is 12.2. The summed E-state index contributed by atoms with van der Waals surface area (Å²) in [5.41, 5.74) is 0.852. The molecule has 20 heavy (non-hydrogen) atoms. The van der Waals surface area contributed by atoms with Gasteiger partial charge in [-0.2, -0.15) is 0 Å². The number of aliphatic imine (C=N–C) groups is 1. The van der Waals surface area contributed by atoms with Gasteiger partial charge in [-0.25, -0.2) is 0 Å². The second kappa shape index (κ2) is 6.18. The number of nitrogens with zero attached hydrogens (tertiary/aromatic N) is 6. The van der Waals surface area contributed by atoms with Gasteiger partial charge in [0.05, 0.1) is 13.1 Å². The molecule has 0 atom stereocenters. The Bertz CT molecular complexity index is 573. The number of rotatable bonds is 4. The predicted octanol–water partition coefficient (Wildman–Crippen LogP) is 0.319. The van der Waals surface area contributed by atoms with Gasteiger partial charge in [-0.1, -0.05) is 5.16 Å². The van der Waals surface area contributed by atoms with Gasteiger partial charge < -0.3 is 19.3 Å². The number of aryl methyl sites for hydroxylation is 1. The summed E-state index contributed by atoms with van der Waals surface area (Å²) in [5.74, 6) is 2.50. The summed E-state index contributed by atoms with van der Waals surface area (Å²) in [5, 5.41) is 15.3. The molecule has 2 aromatic heterocycles. The van der Waals surface area contributed by atoms with Crippen molar-refractivity contribution < 1.29 is 4.52 Å². The Morgan fingerprint density at radius 3 is 2.85 bits per heavy atom. The van der Waals surface area contributed by atoms with Crippen molar-refractivity contribution in [3.05, 3.63) is 29.7 Å². The number of aromatic nitrogens is 4. The standard InChI is InChI=1S/C12H19N7O/c1-9-15-16-11(19(9)4)7-14-12(13-2)18(3)8-10-5-6-20-17-10/h5-6H,7-8H2,1-4H3,(H,13,14). The van der Waals surface area contributed by atoms with Gasteiger partial charge >= 0.3 is 0 Å². The summed E-state index contributed by atoms with van der Waals surface area (Å²) in [7, 11) is 5.61. The van der Waals surface area contributed by atoms with Gasteiger partial charge in [0.15, 0.2) is 11.8 Å². The zero-order chi connectivity index (χ0) is 14.5. The van der Waals surface area contributed by atoms with Crippen molar-refractivity contribution in [3.63, 3.8) is 0 Å². The fourth-order valence-electron chi connectivity index (χ4n) is 1.78. The van der Waals surface area contributed by atoms with E-state index in [4.69, 9.17) is 4.52 Å². The van der Waals surface area contributed by atoms with Gasteiger partial charge in [-0.05, 0) is 6.92 Å². The first-order chi connectivity index (χ1) is 9.61. The van der Waals surface area contributed by atoms with Crippen LogP contribution >= 0.6 is 0 Å². The fourth-order valence-corrected chi connectivity index (χ4v) is 1.78. The highest BCUT2D eigenvalue weighted by atomic mass is 16.5. The quantitative estimate of drug-likeness (QED) is 0.640. The molecule has 8 nitrogen and oxygen atoms in total. The molecule has 0 amide bonds. The van der Waals surface area contributed by atoms with Gasteiger partial charge in [0.2, 0.25) is 0 Å². The van der Waals surface area contributed by atoms with Gasteiger partial charge in [0.1, 0.15) is 17.8 Å². The van der Waals surface area contributed by atoms with Gasteiger partial charge in [0, 0.05) is 27.2 Å². The Labute approximate surface area is 117 Å². The Hall–Kier alpha value is -2.38. The van der Waals surface area contributed by atoms with E-state index >= 15 is 0 Å². The Balaban J connectivity index is 1.94. The van der Waals surface area contributed by atoms with E-state index < -0.39 is 0 Å². The van der Waals surface area contributed by atoms with E-state index in [1.165, 1.54) is 0 Å². The molecule has 0 aliphatic rings. The van der Waals surface area contributed by atoms with Crippen molar-refractivity contribution >= 4 is 5.96 Å². The van der Waals surface area contributed by atoms with E-state index in [-0.39, 0.29) is 0 Å². The monoisotopic (exact) mass is 277 g/mol. The lowest BCUT2D eigenvalue weighted by Gasteiger charge is -2.20. The minimum Gasteiger partial charge on any atom is -0.364 e. The summed E-state index contributed by atoms with van der Waals surface area (Å²) in [6.07, 6.45) is 1.56. The molecule has 0 saturated carbocycles. The SMILES string of the molecule is CN=C(NCc1nnc(C)n1C)N(C)Cc1ccon1. The maximum Gasteiger partial charge on any atom is 0.194 e. The molecule has 1 N–H and O–H groups in total. The number of hydrogen-bond donors (Lipinski definition) is 1. The Morgan fingerprint density at radius 2 is 2.30 bits per heavy atom. The van der Waals surface area contributed by atoms with Crippen molar-refractivity contribution in [2.75, 3.05) is 14.1 Å². The molecule has 0 unspecified atom stereocenters. The minimum atomic E-state index is 0.563. The molecule has 108 valence electrons. The molecular formula is C12H19N7O. The van der Waals surface area contributed by atoms with Crippen molar-refractivity contribution in [2.45, 2.75) is 20.0 Å². The Morgan fingerprint density at radius 1 is 1.50 bits per heavy atom. The molecule has 0 bridgehead atoms. The summed E-state index contributed by atoms with van der Waals surface area (Å²) in [6, 6.07) is 1.83. The molecule has 2 aromatic rings. The van der Waals surface area contributed by atoms with Crippen LogP contribution in [0.15, 0.2) is 21.8 Å².